The van der Waals surface area contributed by atoms with Gasteiger partial charge in [-0.15, -0.1) is 0 Å². The lowest BCUT2D eigenvalue weighted by molar-refractivity contribution is -0.115. The topological polar surface area (TPSA) is 89.5 Å². The third-order valence-corrected chi connectivity index (χ3v) is 3.24. The molecule has 0 bridgehead atoms. The molecule has 1 heterocycles. The first-order valence-electron chi connectivity index (χ1n) is 8.71. The number of anilines is 1. The second-order valence-corrected chi connectivity index (χ2v) is 6.85. The van der Waals surface area contributed by atoms with E-state index in [1.807, 2.05) is 18.2 Å². The van der Waals surface area contributed by atoms with Gasteiger partial charge in [-0.2, -0.15) is 0 Å². The number of benzene rings is 1. The summed E-state index contributed by atoms with van der Waals surface area (Å²) in [5.41, 5.74) is 0.865. The number of nitrogens with zero attached hydrogens (tertiary/aromatic N) is 1. The maximum absolute atomic E-state index is 12.0. The summed E-state index contributed by atoms with van der Waals surface area (Å²) in [6.07, 6.45) is 1.40. The summed E-state index contributed by atoms with van der Waals surface area (Å²) in [4.78, 5) is 27.6. The minimum Gasteiger partial charge on any atom is -0.492 e. The molecule has 1 aromatic carbocycles. The zero-order valence-corrected chi connectivity index (χ0v) is 15.8. The summed E-state index contributed by atoms with van der Waals surface area (Å²) >= 11 is 0. The highest BCUT2D eigenvalue weighted by atomic mass is 16.6. The number of pyridine rings is 1. The molecule has 0 radical (unpaired) electrons. The van der Waals surface area contributed by atoms with E-state index in [2.05, 4.69) is 15.6 Å². The van der Waals surface area contributed by atoms with Crippen LogP contribution in [0, 0.1) is 0 Å². The van der Waals surface area contributed by atoms with Crippen LogP contribution in [-0.4, -0.2) is 35.7 Å². The van der Waals surface area contributed by atoms with Crippen LogP contribution >= 0.6 is 0 Å². The van der Waals surface area contributed by atoms with Crippen LogP contribution in [0.2, 0.25) is 0 Å². The van der Waals surface area contributed by atoms with Gasteiger partial charge in [0.25, 0.3) is 0 Å². The zero-order valence-electron chi connectivity index (χ0n) is 15.8. The Kier molecular flexibility index (Phi) is 7.16. The normalized spacial score (nSPS) is 10.8. The molecule has 144 valence electrons. The van der Waals surface area contributed by atoms with Crippen LogP contribution < -0.4 is 15.4 Å². The molecule has 2 N–H and O–H groups in total. The largest absolute Gasteiger partial charge is 0.492 e. The van der Waals surface area contributed by atoms with E-state index in [0.717, 1.165) is 0 Å². The fourth-order valence-electron chi connectivity index (χ4n) is 2.14. The van der Waals surface area contributed by atoms with Gasteiger partial charge in [-0.3, -0.25) is 9.78 Å². The van der Waals surface area contributed by atoms with Gasteiger partial charge in [0.05, 0.1) is 13.0 Å². The van der Waals surface area contributed by atoms with Crippen molar-refractivity contribution in [3.8, 4) is 5.75 Å². The van der Waals surface area contributed by atoms with Crippen molar-refractivity contribution < 1.29 is 19.1 Å². The molecule has 0 spiro atoms. The van der Waals surface area contributed by atoms with E-state index < -0.39 is 11.7 Å². The summed E-state index contributed by atoms with van der Waals surface area (Å²) in [6.45, 7) is 6.06. The summed E-state index contributed by atoms with van der Waals surface area (Å²) < 4.78 is 10.7. The number of nitrogens with one attached hydrogen (secondary N) is 2. The predicted molar refractivity (Wildman–Crippen MR) is 103 cm³/mol. The standard InChI is InChI=1S/C20H25N3O4/c1-20(2,3)27-19(25)22-12-13-26-17-9-7-15(8-10-17)23-18(24)14-16-6-4-5-11-21-16/h4-11H,12-14H2,1-3H3,(H,22,25)(H,23,24). The molecule has 2 rings (SSSR count). The molecule has 27 heavy (non-hydrogen) atoms. The summed E-state index contributed by atoms with van der Waals surface area (Å²) in [5, 5.41) is 5.43. The van der Waals surface area contributed by atoms with Gasteiger partial charge in [-0.25, -0.2) is 4.79 Å². The van der Waals surface area contributed by atoms with Gasteiger partial charge >= 0.3 is 6.09 Å². The highest BCUT2D eigenvalue weighted by Crippen LogP contribution is 2.16. The molecule has 7 heteroatoms. The lowest BCUT2D eigenvalue weighted by atomic mass is 10.2. The number of amides is 2. The maximum Gasteiger partial charge on any atom is 0.407 e. The summed E-state index contributed by atoms with van der Waals surface area (Å²) in [7, 11) is 0. The van der Waals surface area contributed by atoms with E-state index in [1.54, 1.807) is 51.2 Å². The van der Waals surface area contributed by atoms with E-state index >= 15 is 0 Å². The van der Waals surface area contributed by atoms with Crippen molar-refractivity contribution >= 4 is 17.7 Å². The van der Waals surface area contributed by atoms with Crippen LogP contribution in [0.15, 0.2) is 48.7 Å². The van der Waals surface area contributed by atoms with E-state index in [-0.39, 0.29) is 12.3 Å². The van der Waals surface area contributed by atoms with Crippen LogP contribution in [0.25, 0.3) is 0 Å². The fraction of sp³-hybridized carbons (Fsp3) is 0.350. The van der Waals surface area contributed by atoms with Gasteiger partial charge in [0.1, 0.15) is 18.0 Å². The Balaban J connectivity index is 1.70. The van der Waals surface area contributed by atoms with Crippen molar-refractivity contribution in [2.45, 2.75) is 32.8 Å². The number of carbonyl (C=O) groups excluding carboxylic acids is 2. The van der Waals surface area contributed by atoms with Gasteiger partial charge in [0.15, 0.2) is 0 Å². The Morgan fingerprint density at radius 3 is 2.44 bits per heavy atom. The van der Waals surface area contributed by atoms with Crippen LogP contribution in [0.3, 0.4) is 0 Å². The first-order chi connectivity index (χ1) is 12.8. The molecule has 0 fully saturated rings. The molecule has 2 aromatic rings. The fourth-order valence-corrected chi connectivity index (χ4v) is 2.14. The van der Waals surface area contributed by atoms with Gasteiger partial charge in [-0.05, 0) is 57.2 Å². The Morgan fingerprint density at radius 2 is 1.81 bits per heavy atom. The molecular formula is C20H25N3O4. The quantitative estimate of drug-likeness (QED) is 0.730. The molecule has 7 nitrogen and oxygen atoms in total. The van der Waals surface area contributed by atoms with Crippen molar-refractivity contribution in [1.29, 1.82) is 0 Å². The van der Waals surface area contributed by atoms with Crippen molar-refractivity contribution in [3.05, 3.63) is 54.4 Å². The number of rotatable bonds is 7. The number of aromatic nitrogens is 1. The molecule has 0 aliphatic heterocycles. The number of ether oxygens (including phenoxy) is 2. The first kappa shape index (κ1) is 20.2. The Bertz CT molecular complexity index is 740. The predicted octanol–water partition coefficient (Wildman–Crippen LogP) is 3.17. The minimum absolute atomic E-state index is 0.135. The molecule has 0 saturated carbocycles. The third-order valence-electron chi connectivity index (χ3n) is 3.24. The molecule has 0 unspecified atom stereocenters. The first-order valence-corrected chi connectivity index (χ1v) is 8.71. The number of alkyl carbamates (subject to hydrolysis) is 1. The maximum atomic E-state index is 12.0. The van der Waals surface area contributed by atoms with E-state index in [0.29, 0.717) is 30.3 Å². The Labute approximate surface area is 159 Å². The van der Waals surface area contributed by atoms with E-state index in [4.69, 9.17) is 9.47 Å². The lowest BCUT2D eigenvalue weighted by Gasteiger charge is -2.19. The highest BCUT2D eigenvalue weighted by Gasteiger charge is 2.15. The van der Waals surface area contributed by atoms with E-state index in [9.17, 15) is 9.59 Å². The lowest BCUT2D eigenvalue weighted by Crippen LogP contribution is -2.34. The van der Waals surface area contributed by atoms with Crippen LogP contribution in [0.5, 0.6) is 5.75 Å². The van der Waals surface area contributed by atoms with Crippen LogP contribution in [0.1, 0.15) is 26.5 Å². The van der Waals surface area contributed by atoms with Crippen LogP contribution in [-0.2, 0) is 16.0 Å². The van der Waals surface area contributed by atoms with Gasteiger partial charge in [-0.1, -0.05) is 6.07 Å². The molecule has 0 aliphatic carbocycles. The Morgan fingerprint density at radius 1 is 1.07 bits per heavy atom. The third kappa shape index (κ3) is 8.22. The zero-order chi connectivity index (χ0) is 19.7. The Hall–Kier alpha value is -3.09. The van der Waals surface area contributed by atoms with E-state index in [1.165, 1.54) is 0 Å². The number of carbonyl (C=O) groups is 2. The van der Waals surface area contributed by atoms with Gasteiger partial charge < -0.3 is 20.1 Å². The van der Waals surface area contributed by atoms with Gasteiger partial charge in [0.2, 0.25) is 5.91 Å². The average molecular weight is 371 g/mol. The highest BCUT2D eigenvalue weighted by molar-refractivity contribution is 5.92. The summed E-state index contributed by atoms with van der Waals surface area (Å²) in [5.74, 6) is 0.507. The van der Waals surface area contributed by atoms with Crippen molar-refractivity contribution in [2.75, 3.05) is 18.5 Å². The average Bonchev–Trinajstić information content (AvgIpc) is 2.59. The second-order valence-electron chi connectivity index (χ2n) is 6.85. The monoisotopic (exact) mass is 371 g/mol. The second kappa shape index (κ2) is 9.56. The summed E-state index contributed by atoms with van der Waals surface area (Å²) in [6, 6.07) is 12.5. The molecule has 0 aliphatic rings. The molecule has 0 saturated heterocycles. The number of hydrogen-bond donors (Lipinski definition) is 2. The van der Waals surface area contributed by atoms with Crippen molar-refractivity contribution in [3.63, 3.8) is 0 Å². The smallest absolute Gasteiger partial charge is 0.407 e. The minimum atomic E-state index is -0.526. The number of hydrogen-bond acceptors (Lipinski definition) is 5. The van der Waals surface area contributed by atoms with Crippen LogP contribution in [0.4, 0.5) is 10.5 Å². The molecular weight excluding hydrogens is 346 g/mol. The van der Waals surface area contributed by atoms with Gasteiger partial charge in [0, 0.05) is 17.6 Å². The van der Waals surface area contributed by atoms with Crippen molar-refractivity contribution in [2.24, 2.45) is 0 Å². The molecule has 2 amide bonds. The molecule has 1 aromatic heterocycles. The SMILES string of the molecule is CC(C)(C)OC(=O)NCCOc1ccc(NC(=O)Cc2ccccn2)cc1. The van der Waals surface area contributed by atoms with Crippen molar-refractivity contribution in [1.82, 2.24) is 10.3 Å². The molecule has 0 atom stereocenters.